The summed E-state index contributed by atoms with van der Waals surface area (Å²) in [7, 11) is -3.63. The van der Waals surface area contributed by atoms with Gasteiger partial charge < -0.3 is 0 Å². The number of hydrogen-bond acceptors (Lipinski definition) is 3. The number of aryl methyl sites for hydroxylation is 1. The Labute approximate surface area is 148 Å². The van der Waals surface area contributed by atoms with Gasteiger partial charge in [-0.2, -0.15) is 8.42 Å². The predicted molar refractivity (Wildman–Crippen MR) is 101 cm³/mol. The van der Waals surface area contributed by atoms with E-state index in [0.717, 1.165) is 31.2 Å². The Hall–Kier alpha value is -1.13. The van der Waals surface area contributed by atoms with Crippen molar-refractivity contribution in [2.45, 2.75) is 65.2 Å². The van der Waals surface area contributed by atoms with E-state index in [0.29, 0.717) is 11.8 Å². The third-order valence-electron chi connectivity index (χ3n) is 4.04. The molecule has 1 atom stereocenters. The summed E-state index contributed by atoms with van der Waals surface area (Å²) in [6.07, 6.45) is 6.31. The van der Waals surface area contributed by atoms with E-state index in [1.165, 1.54) is 5.57 Å². The number of rotatable bonds is 10. The Kier molecular flexibility index (Phi) is 8.71. The normalized spacial score (nSPS) is 14.2. The summed E-state index contributed by atoms with van der Waals surface area (Å²) in [4.78, 5) is 0.230. The lowest BCUT2D eigenvalue weighted by Crippen LogP contribution is -2.10. The maximum absolute atomic E-state index is 12.1. The molecule has 0 fully saturated rings. The summed E-state index contributed by atoms with van der Waals surface area (Å²) in [5.41, 5.74) is 2.47. The van der Waals surface area contributed by atoms with E-state index in [1.807, 2.05) is 6.92 Å². The monoisotopic (exact) mass is 352 g/mol. The molecule has 1 rings (SSSR count). The van der Waals surface area contributed by atoms with Crippen molar-refractivity contribution in [2.75, 3.05) is 6.61 Å². The maximum atomic E-state index is 12.1. The average Bonchev–Trinajstić information content (AvgIpc) is 2.46. The average molecular weight is 353 g/mol. The van der Waals surface area contributed by atoms with Crippen molar-refractivity contribution >= 4 is 10.1 Å². The molecule has 0 aliphatic carbocycles. The Morgan fingerprint density at radius 2 is 1.75 bits per heavy atom. The van der Waals surface area contributed by atoms with Crippen molar-refractivity contribution in [3.8, 4) is 0 Å². The van der Waals surface area contributed by atoms with Crippen molar-refractivity contribution in [3.05, 3.63) is 41.5 Å². The van der Waals surface area contributed by atoms with Crippen molar-refractivity contribution in [1.29, 1.82) is 0 Å². The van der Waals surface area contributed by atoms with Crippen LogP contribution in [-0.4, -0.2) is 15.0 Å². The van der Waals surface area contributed by atoms with Crippen molar-refractivity contribution < 1.29 is 12.6 Å². The van der Waals surface area contributed by atoms with Crippen LogP contribution >= 0.6 is 0 Å². The highest BCUT2D eigenvalue weighted by Gasteiger charge is 2.15. The minimum atomic E-state index is -3.63. The smallest absolute Gasteiger partial charge is 0.266 e. The van der Waals surface area contributed by atoms with E-state index in [9.17, 15) is 8.42 Å². The molecular weight excluding hydrogens is 320 g/mol. The highest BCUT2D eigenvalue weighted by atomic mass is 32.2. The van der Waals surface area contributed by atoms with Crippen LogP contribution in [0.5, 0.6) is 0 Å². The summed E-state index contributed by atoms with van der Waals surface area (Å²) in [5, 5.41) is 0. The zero-order chi connectivity index (χ0) is 18.2. The van der Waals surface area contributed by atoms with Crippen molar-refractivity contribution in [2.24, 2.45) is 11.8 Å². The standard InChI is InChI=1S/C20H32O3S/c1-16(2)15-19(5)8-6-7-17(3)13-14-23-24(21,22)20-11-9-18(4)10-12-20/h8-12,16-17H,6-7,13-15H2,1-5H3/b19-8+. The van der Waals surface area contributed by atoms with Gasteiger partial charge in [-0.15, -0.1) is 0 Å². The van der Waals surface area contributed by atoms with Crippen LogP contribution in [-0.2, 0) is 14.3 Å². The first-order valence-electron chi connectivity index (χ1n) is 8.82. The molecule has 4 heteroatoms. The van der Waals surface area contributed by atoms with E-state index >= 15 is 0 Å². The van der Waals surface area contributed by atoms with Gasteiger partial charge in [-0.3, -0.25) is 4.18 Å². The molecule has 3 nitrogen and oxygen atoms in total. The molecule has 0 bridgehead atoms. The predicted octanol–water partition coefficient (Wildman–Crippen LogP) is 5.50. The van der Waals surface area contributed by atoms with Crippen LogP contribution < -0.4 is 0 Å². The minimum Gasteiger partial charge on any atom is -0.266 e. The number of allylic oxidation sites excluding steroid dienone is 2. The zero-order valence-electron chi connectivity index (χ0n) is 15.7. The first kappa shape index (κ1) is 20.9. The molecule has 0 amide bonds. The van der Waals surface area contributed by atoms with Gasteiger partial charge in [0.2, 0.25) is 0 Å². The first-order valence-corrected chi connectivity index (χ1v) is 10.2. The van der Waals surface area contributed by atoms with Gasteiger partial charge in [0.25, 0.3) is 10.1 Å². The van der Waals surface area contributed by atoms with E-state index in [-0.39, 0.29) is 11.5 Å². The van der Waals surface area contributed by atoms with Gasteiger partial charge in [0, 0.05) is 0 Å². The second-order valence-electron chi connectivity index (χ2n) is 7.21. The lowest BCUT2D eigenvalue weighted by Gasteiger charge is -2.11. The fourth-order valence-corrected chi connectivity index (χ4v) is 3.54. The van der Waals surface area contributed by atoms with Crippen LogP contribution in [0.1, 0.15) is 58.9 Å². The molecule has 0 aliphatic rings. The van der Waals surface area contributed by atoms with Crippen LogP contribution in [0.3, 0.4) is 0 Å². The summed E-state index contributed by atoms with van der Waals surface area (Å²) < 4.78 is 29.4. The van der Waals surface area contributed by atoms with Crippen molar-refractivity contribution in [3.63, 3.8) is 0 Å². The number of benzene rings is 1. The van der Waals surface area contributed by atoms with Gasteiger partial charge >= 0.3 is 0 Å². The topological polar surface area (TPSA) is 43.4 Å². The largest absolute Gasteiger partial charge is 0.296 e. The highest BCUT2D eigenvalue weighted by molar-refractivity contribution is 7.86. The highest BCUT2D eigenvalue weighted by Crippen LogP contribution is 2.17. The zero-order valence-corrected chi connectivity index (χ0v) is 16.5. The molecule has 0 spiro atoms. The molecule has 1 unspecified atom stereocenters. The third-order valence-corrected chi connectivity index (χ3v) is 5.37. The van der Waals surface area contributed by atoms with E-state index in [1.54, 1.807) is 24.3 Å². The van der Waals surface area contributed by atoms with Gasteiger partial charge in [0.05, 0.1) is 11.5 Å². The van der Waals surface area contributed by atoms with Crippen LogP contribution in [0.4, 0.5) is 0 Å². The van der Waals surface area contributed by atoms with Gasteiger partial charge in [0.15, 0.2) is 0 Å². The van der Waals surface area contributed by atoms with Crippen LogP contribution in [0.2, 0.25) is 0 Å². The fraction of sp³-hybridized carbons (Fsp3) is 0.600. The quantitative estimate of drug-likeness (QED) is 0.412. The Morgan fingerprint density at radius 3 is 2.33 bits per heavy atom. The third kappa shape index (κ3) is 8.11. The fourth-order valence-electron chi connectivity index (χ4n) is 2.62. The van der Waals surface area contributed by atoms with E-state index in [2.05, 4.69) is 33.8 Å². The van der Waals surface area contributed by atoms with Crippen LogP contribution in [0.25, 0.3) is 0 Å². The molecule has 0 aromatic heterocycles. The first-order chi connectivity index (χ1) is 11.2. The Morgan fingerprint density at radius 1 is 1.12 bits per heavy atom. The summed E-state index contributed by atoms with van der Waals surface area (Å²) in [5.74, 6) is 1.14. The number of hydrogen-bond donors (Lipinski definition) is 0. The van der Waals surface area contributed by atoms with Crippen LogP contribution in [0, 0.1) is 18.8 Å². The lowest BCUT2D eigenvalue weighted by molar-refractivity contribution is 0.283. The summed E-state index contributed by atoms with van der Waals surface area (Å²) in [6.45, 7) is 11.0. The lowest BCUT2D eigenvalue weighted by atomic mass is 9.99. The van der Waals surface area contributed by atoms with Gasteiger partial charge in [0.1, 0.15) is 0 Å². The molecule has 1 aromatic rings. The van der Waals surface area contributed by atoms with E-state index in [4.69, 9.17) is 4.18 Å². The minimum absolute atomic E-state index is 0.230. The maximum Gasteiger partial charge on any atom is 0.296 e. The van der Waals surface area contributed by atoms with Gasteiger partial charge in [-0.05, 0) is 63.5 Å². The molecule has 0 heterocycles. The van der Waals surface area contributed by atoms with Crippen molar-refractivity contribution in [1.82, 2.24) is 0 Å². The van der Waals surface area contributed by atoms with Gasteiger partial charge in [-0.25, -0.2) is 0 Å². The molecule has 0 N–H and O–H groups in total. The molecule has 0 saturated carbocycles. The molecular formula is C20H32O3S. The molecule has 1 aromatic carbocycles. The SMILES string of the molecule is C/C(=C\CCC(C)CCOS(=O)(=O)c1ccc(C)cc1)CC(C)C. The van der Waals surface area contributed by atoms with Gasteiger partial charge in [-0.1, -0.05) is 50.1 Å². The summed E-state index contributed by atoms with van der Waals surface area (Å²) >= 11 is 0. The molecule has 0 aliphatic heterocycles. The van der Waals surface area contributed by atoms with E-state index < -0.39 is 10.1 Å². The molecule has 0 saturated heterocycles. The van der Waals surface area contributed by atoms with Crippen LogP contribution in [0.15, 0.2) is 40.8 Å². The summed E-state index contributed by atoms with van der Waals surface area (Å²) in [6, 6.07) is 6.75. The Bertz CT molecular complexity index is 613. The molecule has 0 radical (unpaired) electrons. The Balaban J connectivity index is 2.34. The second kappa shape index (κ2) is 10.00. The second-order valence-corrected chi connectivity index (χ2v) is 8.82. The molecule has 24 heavy (non-hydrogen) atoms. The molecule has 136 valence electrons.